The van der Waals surface area contributed by atoms with Gasteiger partial charge >= 0.3 is 11.9 Å². The van der Waals surface area contributed by atoms with Gasteiger partial charge in [0.1, 0.15) is 11.6 Å². The van der Waals surface area contributed by atoms with Gasteiger partial charge in [0.25, 0.3) is 11.8 Å². The number of nitrogens with one attached hydrogen (secondary N) is 2. The van der Waals surface area contributed by atoms with Gasteiger partial charge in [-0.05, 0) is 85.5 Å². The number of Topliss-reactive ketones (excluding diaryl/α,β-unsaturated/α-hetero) is 4. The molecule has 0 spiro atoms. The van der Waals surface area contributed by atoms with Gasteiger partial charge in [0.2, 0.25) is 46.6 Å². The predicted molar refractivity (Wildman–Crippen MR) is 359 cm³/mol. The number of rotatable bonds is 36. The Kier molecular flexibility index (Phi) is 31.4. The van der Waals surface area contributed by atoms with Crippen LogP contribution in [0.15, 0.2) is 121 Å². The van der Waals surface area contributed by atoms with E-state index in [1.165, 1.54) is 0 Å². The molecular formula is C76H90F5N5O14. The first-order valence-corrected chi connectivity index (χ1v) is 34.2. The molecule has 5 aromatic carbocycles. The van der Waals surface area contributed by atoms with Crippen molar-refractivity contribution in [3.05, 3.63) is 173 Å². The van der Waals surface area contributed by atoms with Crippen LogP contribution in [-0.4, -0.2) is 151 Å². The zero-order chi connectivity index (χ0) is 72.3. The number of nitrogens with zero attached hydrogens (tertiary/aromatic N) is 3. The number of esters is 1. The second kappa shape index (κ2) is 39.9. The topological polar surface area (TPSA) is 241 Å². The molecule has 538 valence electrons. The van der Waals surface area contributed by atoms with Crippen molar-refractivity contribution in [2.45, 2.75) is 130 Å². The smallest absolute Gasteiger partial charge is 0.337 e. The first-order valence-electron chi connectivity index (χ1n) is 34.2. The lowest BCUT2D eigenvalue weighted by Crippen LogP contribution is -2.46. The molecule has 3 aliphatic heterocycles. The van der Waals surface area contributed by atoms with Gasteiger partial charge in [-0.3, -0.25) is 53.0 Å². The first-order chi connectivity index (χ1) is 47.9. The number of carbonyl (C=O) groups is 10. The predicted octanol–water partition coefficient (Wildman–Crippen LogP) is 9.66. The summed E-state index contributed by atoms with van der Waals surface area (Å²) < 4.78 is 85.9. The van der Waals surface area contributed by atoms with Crippen LogP contribution in [0.25, 0.3) is 0 Å². The summed E-state index contributed by atoms with van der Waals surface area (Å²) in [6, 6.07) is 34.5. The lowest BCUT2D eigenvalue weighted by Gasteiger charge is -2.27. The monoisotopic (exact) mass is 1390 g/mol. The number of carbonyl (C=O) groups excluding carboxylic acids is 10. The summed E-state index contributed by atoms with van der Waals surface area (Å²) in [6.45, 7) is 12.5. The molecule has 0 saturated carbocycles. The highest BCUT2D eigenvalue weighted by Crippen LogP contribution is 2.32. The zero-order valence-electron chi connectivity index (χ0n) is 57.1. The molecule has 0 radical (unpaired) electrons. The van der Waals surface area contributed by atoms with E-state index in [-0.39, 0.29) is 99.5 Å². The van der Waals surface area contributed by atoms with E-state index in [0.717, 1.165) is 16.7 Å². The molecule has 100 heavy (non-hydrogen) atoms. The Morgan fingerprint density at radius 3 is 1.15 bits per heavy atom. The summed E-state index contributed by atoms with van der Waals surface area (Å²) in [5.74, 6) is -22.9. The molecule has 3 saturated heterocycles. The largest absolute Gasteiger partial charge is 0.420 e. The molecule has 2 N–H and O–H groups in total. The Morgan fingerprint density at radius 2 is 0.790 bits per heavy atom. The van der Waals surface area contributed by atoms with E-state index in [4.69, 9.17) is 19.0 Å². The molecule has 24 heteroatoms. The normalized spacial score (nSPS) is 16.1. The highest BCUT2D eigenvalue weighted by molar-refractivity contribution is 6.02. The van der Waals surface area contributed by atoms with Crippen molar-refractivity contribution >= 4 is 58.7 Å². The van der Waals surface area contributed by atoms with Gasteiger partial charge in [-0.2, -0.15) is 8.78 Å². The zero-order valence-corrected chi connectivity index (χ0v) is 57.1. The Morgan fingerprint density at radius 1 is 0.450 bits per heavy atom. The average Bonchev–Trinajstić information content (AvgIpc) is 0.810. The van der Waals surface area contributed by atoms with Crippen LogP contribution in [0.5, 0.6) is 5.75 Å². The quantitative estimate of drug-likeness (QED) is 0.00947. The summed E-state index contributed by atoms with van der Waals surface area (Å²) in [4.78, 5) is 142. The van der Waals surface area contributed by atoms with Gasteiger partial charge in [0, 0.05) is 76.5 Å². The molecule has 0 aromatic heterocycles. The molecule has 6 atom stereocenters. The third-order valence-corrected chi connectivity index (χ3v) is 17.5. The van der Waals surface area contributed by atoms with E-state index < -0.39 is 112 Å². The fourth-order valence-corrected chi connectivity index (χ4v) is 12.1. The van der Waals surface area contributed by atoms with Crippen molar-refractivity contribution in [1.82, 2.24) is 25.5 Å². The fraction of sp³-hybridized carbons (Fsp3) is 0.474. The van der Waals surface area contributed by atoms with Gasteiger partial charge < -0.3 is 29.7 Å². The van der Waals surface area contributed by atoms with Crippen molar-refractivity contribution in [3.8, 4) is 5.75 Å². The third-order valence-electron chi connectivity index (χ3n) is 17.5. The van der Waals surface area contributed by atoms with E-state index >= 15 is 0 Å². The van der Waals surface area contributed by atoms with E-state index in [9.17, 15) is 69.9 Å². The number of hydrogen-bond acceptors (Lipinski definition) is 16. The minimum Gasteiger partial charge on any atom is -0.420 e. The molecule has 8 rings (SSSR count). The molecule has 19 nitrogen and oxygen atoms in total. The molecule has 0 bridgehead atoms. The van der Waals surface area contributed by atoms with E-state index in [2.05, 4.69) is 10.6 Å². The Balaban J connectivity index is 0.000000282. The van der Waals surface area contributed by atoms with Crippen LogP contribution in [0.1, 0.15) is 114 Å². The van der Waals surface area contributed by atoms with Crippen molar-refractivity contribution in [3.63, 3.8) is 0 Å². The number of benzene rings is 5. The second-order valence-corrected chi connectivity index (χ2v) is 26.5. The summed E-state index contributed by atoms with van der Waals surface area (Å²) in [7, 11) is 0. The number of aryl methyl sites for hydroxylation is 2. The third kappa shape index (κ3) is 25.2. The van der Waals surface area contributed by atoms with Crippen LogP contribution in [0.3, 0.4) is 0 Å². The summed E-state index contributed by atoms with van der Waals surface area (Å²) in [5, 5.41) is 6.24. The first kappa shape index (κ1) is 78.6. The van der Waals surface area contributed by atoms with Gasteiger partial charge in [-0.25, -0.2) is 18.0 Å². The van der Waals surface area contributed by atoms with Crippen LogP contribution in [0.4, 0.5) is 22.0 Å². The number of hydrogen-bond donors (Lipinski definition) is 2. The maximum atomic E-state index is 14.5. The number of imide groups is 1. The number of hydroxylamine groups is 2. The summed E-state index contributed by atoms with van der Waals surface area (Å²) in [6.07, 6.45) is 1.29. The maximum Gasteiger partial charge on any atom is 0.337 e. The van der Waals surface area contributed by atoms with Crippen LogP contribution < -0.4 is 15.4 Å². The Labute approximate surface area is 580 Å². The number of ketones is 4. The molecule has 3 heterocycles. The van der Waals surface area contributed by atoms with Gasteiger partial charge in [-0.1, -0.05) is 149 Å². The maximum absolute atomic E-state index is 14.5. The highest BCUT2D eigenvalue weighted by atomic mass is 19.2. The summed E-state index contributed by atoms with van der Waals surface area (Å²) >= 11 is 0. The van der Waals surface area contributed by atoms with Crippen molar-refractivity contribution in [1.29, 1.82) is 0 Å². The molecule has 0 unspecified atom stereocenters. The van der Waals surface area contributed by atoms with E-state index in [0.29, 0.717) is 95.3 Å². The molecule has 3 aliphatic rings. The van der Waals surface area contributed by atoms with Gasteiger partial charge in [-0.15, -0.1) is 5.06 Å². The lowest BCUT2D eigenvalue weighted by atomic mass is 9.88. The van der Waals surface area contributed by atoms with Crippen LogP contribution in [0, 0.1) is 64.6 Å². The molecule has 3 fully saturated rings. The molecule has 0 aliphatic carbocycles. The fourth-order valence-electron chi connectivity index (χ4n) is 12.1. The molecule has 4 amide bonds. The van der Waals surface area contributed by atoms with E-state index in [1.54, 1.807) is 30.3 Å². The van der Waals surface area contributed by atoms with E-state index in [1.807, 2.05) is 128 Å². The number of morpholine rings is 2. The average molecular weight is 1390 g/mol. The van der Waals surface area contributed by atoms with Crippen LogP contribution in [-0.2, 0) is 87.9 Å². The minimum atomic E-state index is -2.41. The van der Waals surface area contributed by atoms with Crippen molar-refractivity contribution in [2.24, 2.45) is 35.5 Å². The Hall–Kier alpha value is -8.71. The highest BCUT2D eigenvalue weighted by Gasteiger charge is 2.39. The standard InChI is InChI=1S/C39H43F5N2O6.C37H47N3O8/c1-24(2)19-30(45-38(49)27(14-13-25-9-5-3-6-10-25)21-29(47)23-46-15-17-51-18-16-46)31(48)22-28(20-26-11-7-4-8-12-26)39(50)52-37-35(43)33(41)32(40)34(42)36(37)44;1-26(2)21-32(33(42)24-30(22-28-11-7-4-8-12-28)37(46)48-40-34(43)15-16-35(40)44)38-36(45)29(14-13-27-9-5-3-6-10-27)23-31(41)25-39-17-19-47-20-18-39/h3-12,24,27-28,30H,13-23H2,1-2H3,(H,45,49);3-12,26,29-30,32H,13-25H2,1-2H3,(H,38,45)/t27-,28-,30+;29-,30-,32+/m11/s1. The lowest BCUT2D eigenvalue weighted by molar-refractivity contribution is -0.200. The molecular weight excluding hydrogens is 1300 g/mol. The number of ether oxygens (including phenoxy) is 3. The minimum absolute atomic E-state index is 0.0318. The number of amides is 4. The van der Waals surface area contributed by atoms with Crippen LogP contribution >= 0.6 is 0 Å². The second-order valence-electron chi connectivity index (χ2n) is 26.5. The van der Waals surface area contributed by atoms with Crippen LogP contribution in [0.2, 0.25) is 0 Å². The van der Waals surface area contributed by atoms with Gasteiger partial charge in [0.15, 0.2) is 11.6 Å². The summed E-state index contributed by atoms with van der Waals surface area (Å²) in [5.41, 5.74) is 3.31. The van der Waals surface area contributed by atoms with Gasteiger partial charge in [0.05, 0.1) is 63.4 Å². The SMILES string of the molecule is CC(C)C[C@H](NC(=O)[C@H](CCc1ccccc1)CC(=O)CN1CCOCC1)C(=O)C[C@@H](Cc1ccccc1)C(=O)ON1C(=O)CCC1=O.CC(C)C[C@H](NC(=O)[C@H](CCc1ccccc1)CC(=O)CN1CCOCC1)C(=O)C[C@@H](Cc1ccccc1)C(=O)Oc1c(F)c(F)c(F)c(F)c1F. The molecule has 5 aromatic rings. The Bertz CT molecular complexity index is 3520. The van der Waals surface area contributed by atoms with Crippen molar-refractivity contribution in [2.75, 3.05) is 65.7 Å². The van der Waals surface area contributed by atoms with Crippen molar-refractivity contribution < 1.29 is 88.9 Å². The number of halogens is 5.